The molecule has 1 aliphatic rings. The van der Waals surface area contributed by atoms with Crippen molar-refractivity contribution >= 4 is 34.0 Å². The molecule has 1 amide bonds. The normalized spacial score (nSPS) is 17.8. The van der Waals surface area contributed by atoms with E-state index in [0.29, 0.717) is 5.69 Å². The maximum Gasteiger partial charge on any atom is 0.252 e. The first-order chi connectivity index (χ1) is 17.0. The Morgan fingerprint density at radius 3 is 2.71 bits per heavy atom. The molecule has 1 saturated carbocycles. The molecule has 3 aromatic heterocycles. The van der Waals surface area contributed by atoms with Crippen LogP contribution in [-0.4, -0.2) is 32.9 Å². The first-order valence-corrected chi connectivity index (χ1v) is 11.6. The van der Waals surface area contributed by atoms with Crippen LogP contribution in [0.3, 0.4) is 0 Å². The smallest absolute Gasteiger partial charge is 0.252 e. The predicted molar refractivity (Wildman–Crippen MR) is 135 cm³/mol. The molecule has 0 aliphatic heterocycles. The van der Waals surface area contributed by atoms with Crippen LogP contribution in [0.4, 0.5) is 21.7 Å². The molecule has 178 valence electrons. The molecule has 1 aliphatic carbocycles. The Hall–Kier alpha value is -4.11. The summed E-state index contributed by atoms with van der Waals surface area (Å²) in [5.41, 5.74) is 14.1. The van der Waals surface area contributed by atoms with E-state index >= 15 is 0 Å². The number of benzene rings is 1. The number of nitrogens with zero attached hydrogens (tertiary/aromatic N) is 3. The van der Waals surface area contributed by atoms with Crippen LogP contribution >= 0.6 is 0 Å². The molecule has 0 saturated heterocycles. The Bertz CT molecular complexity index is 1390. The van der Waals surface area contributed by atoms with Gasteiger partial charge in [-0.3, -0.25) is 14.8 Å². The highest BCUT2D eigenvalue weighted by molar-refractivity contribution is 5.99. The molecule has 4 aromatic rings. The number of carbonyl (C=O) groups excluding carboxylic acids is 1. The zero-order chi connectivity index (χ0) is 24.4. The van der Waals surface area contributed by atoms with E-state index in [9.17, 15) is 9.18 Å². The van der Waals surface area contributed by atoms with Crippen LogP contribution in [0.25, 0.3) is 21.9 Å². The number of nitrogens with two attached hydrogens (primary N) is 2. The summed E-state index contributed by atoms with van der Waals surface area (Å²) >= 11 is 0. The highest BCUT2D eigenvalue weighted by Crippen LogP contribution is 2.31. The van der Waals surface area contributed by atoms with Gasteiger partial charge in [-0.15, -0.1) is 0 Å². The second-order valence-corrected chi connectivity index (χ2v) is 8.77. The Morgan fingerprint density at radius 1 is 1.03 bits per heavy atom. The zero-order valence-corrected chi connectivity index (χ0v) is 19.0. The molecule has 3 heterocycles. The van der Waals surface area contributed by atoms with E-state index < -0.39 is 11.7 Å². The lowest BCUT2D eigenvalue weighted by Crippen LogP contribution is -2.43. The van der Waals surface area contributed by atoms with Gasteiger partial charge in [0.2, 0.25) is 0 Å². The first-order valence-electron chi connectivity index (χ1n) is 11.6. The van der Waals surface area contributed by atoms with Crippen molar-refractivity contribution in [3.05, 3.63) is 72.6 Å². The monoisotopic (exact) mass is 471 g/mol. The summed E-state index contributed by atoms with van der Waals surface area (Å²) in [6.07, 6.45) is 10.7. The summed E-state index contributed by atoms with van der Waals surface area (Å²) in [6, 6.07) is 10.7. The molecular formula is C26H26FN7O. The van der Waals surface area contributed by atoms with Crippen molar-refractivity contribution in [3.63, 3.8) is 0 Å². The number of halogens is 1. The van der Waals surface area contributed by atoms with Gasteiger partial charge in [0.1, 0.15) is 5.82 Å². The Balaban J connectivity index is 1.49. The lowest BCUT2D eigenvalue weighted by Gasteiger charge is -2.30. The molecule has 6 N–H and O–H groups in total. The third kappa shape index (κ3) is 4.76. The van der Waals surface area contributed by atoms with Gasteiger partial charge in [0.05, 0.1) is 17.4 Å². The summed E-state index contributed by atoms with van der Waals surface area (Å²) in [7, 11) is 0. The third-order valence-electron chi connectivity index (χ3n) is 6.38. The largest absolute Gasteiger partial charge is 0.365 e. The van der Waals surface area contributed by atoms with Gasteiger partial charge >= 0.3 is 0 Å². The number of aromatic nitrogens is 3. The summed E-state index contributed by atoms with van der Waals surface area (Å²) in [5, 5.41) is 8.27. The van der Waals surface area contributed by atoms with Crippen LogP contribution in [0.5, 0.6) is 0 Å². The minimum absolute atomic E-state index is 0.0329. The number of nitrogens with one attached hydrogen (secondary N) is 2. The lowest BCUT2D eigenvalue weighted by molar-refractivity contribution is 0.100. The second-order valence-electron chi connectivity index (χ2n) is 8.77. The molecule has 1 unspecified atom stereocenters. The molecule has 9 heteroatoms. The molecule has 8 nitrogen and oxygen atoms in total. The maximum absolute atomic E-state index is 14.8. The number of carbonyl (C=O) groups is 1. The van der Waals surface area contributed by atoms with Crippen molar-refractivity contribution in [2.45, 2.75) is 37.8 Å². The van der Waals surface area contributed by atoms with E-state index in [1.807, 2.05) is 36.5 Å². The molecule has 1 fully saturated rings. The number of hydrogen-bond donors (Lipinski definition) is 4. The van der Waals surface area contributed by atoms with Gasteiger partial charge in [-0.1, -0.05) is 31.0 Å². The van der Waals surface area contributed by atoms with Crippen molar-refractivity contribution < 1.29 is 9.18 Å². The quantitative estimate of drug-likeness (QED) is 0.329. The maximum atomic E-state index is 14.8. The van der Waals surface area contributed by atoms with Gasteiger partial charge in [0.15, 0.2) is 11.6 Å². The highest BCUT2D eigenvalue weighted by Gasteiger charge is 2.24. The highest BCUT2D eigenvalue weighted by atomic mass is 19.1. The Labute approximate surface area is 202 Å². The van der Waals surface area contributed by atoms with Crippen molar-refractivity contribution in [3.8, 4) is 11.1 Å². The van der Waals surface area contributed by atoms with Gasteiger partial charge in [0, 0.05) is 41.6 Å². The van der Waals surface area contributed by atoms with Gasteiger partial charge in [-0.25, -0.2) is 9.37 Å². The van der Waals surface area contributed by atoms with Crippen molar-refractivity contribution in [2.75, 3.05) is 10.6 Å². The van der Waals surface area contributed by atoms with Gasteiger partial charge in [0.25, 0.3) is 5.91 Å². The van der Waals surface area contributed by atoms with E-state index in [1.165, 1.54) is 0 Å². The summed E-state index contributed by atoms with van der Waals surface area (Å²) in [5.74, 6) is -1.26. The van der Waals surface area contributed by atoms with Gasteiger partial charge < -0.3 is 22.1 Å². The van der Waals surface area contributed by atoms with Gasteiger partial charge in [-0.2, -0.15) is 0 Å². The summed E-state index contributed by atoms with van der Waals surface area (Å²) < 4.78 is 14.8. The minimum atomic E-state index is -0.787. The van der Waals surface area contributed by atoms with E-state index in [1.54, 1.807) is 18.6 Å². The van der Waals surface area contributed by atoms with Crippen LogP contribution in [-0.2, 0) is 0 Å². The first kappa shape index (κ1) is 22.7. The van der Waals surface area contributed by atoms with E-state index in [-0.39, 0.29) is 29.3 Å². The standard InChI is InChI=1S/C26H26FN7O/c27-21-11-20(24(29)35)25(34-26(21)33-23-7-2-1-6-22(23)28)32-17-10-16(13-31-14-17)18-5-3-4-15-12-30-9-8-19(15)18/h3-5,8-14,22-23H,1-2,6-7,28H2,(H2,29,35)(H2,32,33,34)/t22-,23?/m0/s1. The van der Waals surface area contributed by atoms with E-state index in [0.717, 1.165) is 53.6 Å². The number of pyridine rings is 3. The third-order valence-corrected chi connectivity index (χ3v) is 6.38. The van der Waals surface area contributed by atoms with Crippen molar-refractivity contribution in [1.29, 1.82) is 0 Å². The van der Waals surface area contributed by atoms with E-state index in [4.69, 9.17) is 11.5 Å². The number of primary amides is 1. The minimum Gasteiger partial charge on any atom is -0.365 e. The number of fused-ring (bicyclic) bond motifs is 1. The second kappa shape index (κ2) is 9.63. The van der Waals surface area contributed by atoms with Crippen LogP contribution in [0.15, 0.2) is 61.2 Å². The Kier molecular flexibility index (Phi) is 6.24. The molecule has 0 radical (unpaired) electrons. The van der Waals surface area contributed by atoms with Crippen molar-refractivity contribution in [2.24, 2.45) is 11.5 Å². The topological polar surface area (TPSA) is 132 Å². The molecule has 1 aromatic carbocycles. The van der Waals surface area contributed by atoms with E-state index in [2.05, 4.69) is 25.6 Å². The van der Waals surface area contributed by atoms with Crippen LogP contribution in [0.1, 0.15) is 36.0 Å². The summed E-state index contributed by atoms with van der Waals surface area (Å²) in [4.78, 5) is 25.0. The molecular weight excluding hydrogens is 445 g/mol. The fourth-order valence-electron chi connectivity index (χ4n) is 4.55. The van der Waals surface area contributed by atoms with Gasteiger partial charge in [-0.05, 0) is 42.0 Å². The van der Waals surface area contributed by atoms with Crippen LogP contribution in [0.2, 0.25) is 0 Å². The number of hydrogen-bond acceptors (Lipinski definition) is 7. The lowest BCUT2D eigenvalue weighted by atomic mass is 9.91. The average molecular weight is 472 g/mol. The molecule has 0 spiro atoms. The van der Waals surface area contributed by atoms with Crippen LogP contribution < -0.4 is 22.1 Å². The molecule has 0 bridgehead atoms. The van der Waals surface area contributed by atoms with Crippen LogP contribution in [0, 0.1) is 5.82 Å². The molecule has 5 rings (SSSR count). The fourth-order valence-corrected chi connectivity index (χ4v) is 4.55. The van der Waals surface area contributed by atoms with Crippen molar-refractivity contribution in [1.82, 2.24) is 15.0 Å². The molecule has 2 atom stereocenters. The fraction of sp³-hybridized carbons (Fsp3) is 0.231. The predicted octanol–water partition coefficient (Wildman–Crippen LogP) is 4.36. The summed E-state index contributed by atoms with van der Waals surface area (Å²) in [6.45, 7) is 0. The number of rotatable bonds is 6. The number of anilines is 3. The average Bonchev–Trinajstić information content (AvgIpc) is 2.87. The molecule has 35 heavy (non-hydrogen) atoms. The Morgan fingerprint density at radius 2 is 1.89 bits per heavy atom. The SMILES string of the molecule is NC(=O)c1cc(F)c(NC2CCCC[C@@H]2N)nc1Nc1cncc(-c2cccc3cnccc23)c1. The zero-order valence-electron chi connectivity index (χ0n) is 19.0. The number of amides is 1.